The molecule has 1 atom stereocenters. The fraction of sp³-hybridized carbons (Fsp3) is 0.786. The third-order valence-corrected chi connectivity index (χ3v) is 2.95. The molecule has 0 aliphatic carbocycles. The highest BCUT2D eigenvalue weighted by atomic mass is 16.5. The van der Waals surface area contributed by atoms with E-state index in [1.54, 1.807) is 0 Å². The van der Waals surface area contributed by atoms with Gasteiger partial charge in [0.05, 0.1) is 12.3 Å². The van der Waals surface area contributed by atoms with Crippen LogP contribution in [0.15, 0.2) is 6.07 Å². The maximum atomic E-state index is 5.55. The molecule has 0 aromatic carbocycles. The van der Waals surface area contributed by atoms with Crippen molar-refractivity contribution in [1.29, 1.82) is 0 Å². The van der Waals surface area contributed by atoms with E-state index in [1.807, 2.05) is 13.8 Å². The number of hydrogen-bond acceptors (Lipinski definition) is 3. The Labute approximate surface area is 111 Å². The Morgan fingerprint density at radius 1 is 1.39 bits per heavy atom. The zero-order valence-electron chi connectivity index (χ0n) is 12.2. The molecule has 0 aliphatic heterocycles. The van der Waals surface area contributed by atoms with Crippen molar-refractivity contribution in [2.45, 2.75) is 53.1 Å². The topological polar surface area (TPSA) is 39.1 Å². The molecule has 104 valence electrons. The van der Waals surface area contributed by atoms with Gasteiger partial charge < -0.3 is 10.1 Å². The van der Waals surface area contributed by atoms with Crippen LogP contribution in [0, 0.1) is 6.92 Å². The largest absolute Gasteiger partial charge is 0.380 e. The van der Waals surface area contributed by atoms with Crippen LogP contribution in [-0.2, 0) is 17.7 Å². The van der Waals surface area contributed by atoms with Gasteiger partial charge in [0.1, 0.15) is 0 Å². The molecule has 0 aliphatic rings. The van der Waals surface area contributed by atoms with Gasteiger partial charge in [0, 0.05) is 31.3 Å². The first-order valence-electron chi connectivity index (χ1n) is 7.05. The molecule has 0 radical (unpaired) electrons. The quantitative estimate of drug-likeness (QED) is 0.733. The van der Waals surface area contributed by atoms with E-state index in [-0.39, 0.29) is 0 Å². The van der Waals surface area contributed by atoms with E-state index in [0.717, 1.165) is 44.8 Å². The van der Waals surface area contributed by atoms with E-state index in [0.29, 0.717) is 6.04 Å². The SMILES string of the molecule is CCCNC(COCC)Cc1cc(C)nn1CC. The lowest BCUT2D eigenvalue weighted by Crippen LogP contribution is -2.36. The number of aryl methyl sites for hydroxylation is 2. The van der Waals surface area contributed by atoms with Gasteiger partial charge in [-0.25, -0.2) is 0 Å². The first-order chi connectivity index (χ1) is 8.71. The van der Waals surface area contributed by atoms with Crippen LogP contribution in [0.4, 0.5) is 0 Å². The average Bonchev–Trinajstić information content (AvgIpc) is 2.72. The summed E-state index contributed by atoms with van der Waals surface area (Å²) in [5, 5.41) is 8.04. The molecule has 0 amide bonds. The fourth-order valence-electron chi connectivity index (χ4n) is 2.09. The molecule has 0 bridgehead atoms. The van der Waals surface area contributed by atoms with Gasteiger partial charge in [-0.1, -0.05) is 6.92 Å². The molecule has 0 fully saturated rings. The Morgan fingerprint density at radius 3 is 2.78 bits per heavy atom. The van der Waals surface area contributed by atoms with E-state index in [2.05, 4.69) is 35.0 Å². The molecule has 0 saturated heterocycles. The predicted molar refractivity (Wildman–Crippen MR) is 74.9 cm³/mol. The van der Waals surface area contributed by atoms with E-state index in [1.165, 1.54) is 5.69 Å². The molecular weight excluding hydrogens is 226 g/mol. The van der Waals surface area contributed by atoms with E-state index >= 15 is 0 Å². The number of nitrogens with one attached hydrogen (secondary N) is 1. The molecule has 1 unspecified atom stereocenters. The van der Waals surface area contributed by atoms with Crippen molar-refractivity contribution in [1.82, 2.24) is 15.1 Å². The Kier molecular flexibility index (Phi) is 6.98. The molecule has 4 nitrogen and oxygen atoms in total. The highest BCUT2D eigenvalue weighted by Crippen LogP contribution is 2.07. The van der Waals surface area contributed by atoms with Crippen molar-refractivity contribution < 1.29 is 4.74 Å². The molecule has 1 N–H and O–H groups in total. The summed E-state index contributed by atoms with van der Waals surface area (Å²) in [5.41, 5.74) is 2.39. The smallest absolute Gasteiger partial charge is 0.0623 e. The summed E-state index contributed by atoms with van der Waals surface area (Å²) in [6.45, 7) is 11.9. The summed E-state index contributed by atoms with van der Waals surface area (Å²) in [7, 11) is 0. The Balaban J connectivity index is 2.61. The standard InChI is InChI=1S/C14H27N3O/c1-5-8-15-13(11-18-7-3)10-14-9-12(4)16-17(14)6-2/h9,13,15H,5-8,10-11H2,1-4H3. The van der Waals surface area contributed by atoms with Crippen LogP contribution in [0.1, 0.15) is 38.6 Å². The Morgan fingerprint density at radius 2 is 2.17 bits per heavy atom. The van der Waals surface area contributed by atoms with Crippen molar-refractivity contribution >= 4 is 0 Å². The van der Waals surface area contributed by atoms with E-state index in [4.69, 9.17) is 4.74 Å². The number of nitrogens with zero attached hydrogens (tertiary/aromatic N) is 2. The third-order valence-electron chi connectivity index (χ3n) is 2.95. The normalized spacial score (nSPS) is 12.9. The van der Waals surface area contributed by atoms with Crippen LogP contribution in [-0.4, -0.2) is 35.6 Å². The first kappa shape index (κ1) is 15.2. The third kappa shape index (κ3) is 4.78. The Hall–Kier alpha value is -0.870. The lowest BCUT2D eigenvalue weighted by molar-refractivity contribution is 0.122. The van der Waals surface area contributed by atoms with Crippen molar-refractivity contribution in [2.24, 2.45) is 0 Å². The molecule has 1 aromatic heterocycles. The fourth-order valence-corrected chi connectivity index (χ4v) is 2.09. The number of hydrogen-bond donors (Lipinski definition) is 1. The van der Waals surface area contributed by atoms with Gasteiger partial charge in [-0.2, -0.15) is 5.10 Å². The van der Waals surface area contributed by atoms with Crippen LogP contribution in [0.25, 0.3) is 0 Å². The second-order valence-corrected chi connectivity index (χ2v) is 4.61. The van der Waals surface area contributed by atoms with Gasteiger partial charge in [-0.3, -0.25) is 4.68 Å². The minimum atomic E-state index is 0.381. The van der Waals surface area contributed by atoms with Crippen LogP contribution in [0.5, 0.6) is 0 Å². The highest BCUT2D eigenvalue weighted by molar-refractivity contribution is 5.10. The van der Waals surface area contributed by atoms with E-state index < -0.39 is 0 Å². The van der Waals surface area contributed by atoms with Crippen LogP contribution in [0.3, 0.4) is 0 Å². The highest BCUT2D eigenvalue weighted by Gasteiger charge is 2.12. The van der Waals surface area contributed by atoms with Gasteiger partial charge >= 0.3 is 0 Å². The second-order valence-electron chi connectivity index (χ2n) is 4.61. The summed E-state index contributed by atoms with van der Waals surface area (Å²) < 4.78 is 7.64. The zero-order valence-corrected chi connectivity index (χ0v) is 12.2. The van der Waals surface area contributed by atoms with E-state index in [9.17, 15) is 0 Å². The molecule has 1 rings (SSSR count). The van der Waals surface area contributed by atoms with Gasteiger partial charge in [-0.05, 0) is 39.8 Å². The maximum Gasteiger partial charge on any atom is 0.0623 e. The molecule has 1 aromatic rings. The summed E-state index contributed by atoms with van der Waals surface area (Å²) >= 11 is 0. The number of ether oxygens (including phenoxy) is 1. The summed E-state index contributed by atoms with van der Waals surface area (Å²) in [6.07, 6.45) is 2.13. The lowest BCUT2D eigenvalue weighted by atomic mass is 10.1. The van der Waals surface area contributed by atoms with Gasteiger partial charge in [0.2, 0.25) is 0 Å². The first-order valence-corrected chi connectivity index (χ1v) is 7.05. The van der Waals surface area contributed by atoms with Crippen molar-refractivity contribution in [3.63, 3.8) is 0 Å². The maximum absolute atomic E-state index is 5.55. The van der Waals surface area contributed by atoms with Crippen LogP contribution in [0.2, 0.25) is 0 Å². The molecule has 0 saturated carbocycles. The lowest BCUT2D eigenvalue weighted by Gasteiger charge is -2.18. The van der Waals surface area contributed by atoms with Crippen LogP contribution < -0.4 is 5.32 Å². The molecule has 0 spiro atoms. The van der Waals surface area contributed by atoms with Crippen LogP contribution >= 0.6 is 0 Å². The minimum Gasteiger partial charge on any atom is -0.380 e. The van der Waals surface area contributed by atoms with Gasteiger partial charge in [0.15, 0.2) is 0 Å². The van der Waals surface area contributed by atoms with Gasteiger partial charge in [-0.15, -0.1) is 0 Å². The van der Waals surface area contributed by atoms with Crippen molar-refractivity contribution in [2.75, 3.05) is 19.8 Å². The molecule has 18 heavy (non-hydrogen) atoms. The van der Waals surface area contributed by atoms with Crippen molar-refractivity contribution in [3.8, 4) is 0 Å². The molecule has 4 heteroatoms. The molecule has 1 heterocycles. The zero-order chi connectivity index (χ0) is 13.4. The summed E-state index contributed by atoms with van der Waals surface area (Å²) in [4.78, 5) is 0. The van der Waals surface area contributed by atoms with Gasteiger partial charge in [0.25, 0.3) is 0 Å². The number of aromatic nitrogens is 2. The molecular formula is C14H27N3O. The summed E-state index contributed by atoms with van der Waals surface area (Å²) in [6, 6.07) is 2.56. The summed E-state index contributed by atoms with van der Waals surface area (Å²) in [5.74, 6) is 0. The van der Waals surface area contributed by atoms with Crippen molar-refractivity contribution in [3.05, 3.63) is 17.5 Å². The Bertz CT molecular complexity index is 328. The number of rotatable bonds is 9. The minimum absolute atomic E-state index is 0.381. The monoisotopic (exact) mass is 253 g/mol. The average molecular weight is 253 g/mol. The predicted octanol–water partition coefficient (Wildman–Crippen LogP) is 2.16. The second kappa shape index (κ2) is 8.27.